The quantitative estimate of drug-likeness (QED) is 0.572. The highest BCUT2D eigenvalue weighted by molar-refractivity contribution is 6.70. The molecule has 0 bridgehead atoms. The summed E-state index contributed by atoms with van der Waals surface area (Å²) in [4.78, 5) is 11.6. The van der Waals surface area contributed by atoms with Crippen molar-refractivity contribution in [3.63, 3.8) is 0 Å². The molecule has 2 atom stereocenters. The van der Waals surface area contributed by atoms with Gasteiger partial charge in [-0.05, 0) is 44.5 Å². The van der Waals surface area contributed by atoms with Gasteiger partial charge in [-0.3, -0.25) is 4.79 Å². The molecule has 0 heterocycles. The number of methoxy groups -OCH3 is 1. The van der Waals surface area contributed by atoms with Crippen LogP contribution in [-0.2, 0) is 14.0 Å². The van der Waals surface area contributed by atoms with E-state index in [0.29, 0.717) is 0 Å². The van der Waals surface area contributed by atoms with E-state index in [4.69, 9.17) is 9.16 Å². The van der Waals surface area contributed by atoms with Gasteiger partial charge < -0.3 is 9.16 Å². The van der Waals surface area contributed by atoms with Crippen molar-refractivity contribution in [2.45, 2.75) is 46.3 Å². The van der Waals surface area contributed by atoms with Crippen LogP contribution in [0.5, 0.6) is 0 Å². The number of allylic oxidation sites excluding steroid dienone is 2. The second-order valence-corrected chi connectivity index (χ2v) is 10.2. The first-order chi connectivity index (χ1) is 7.76. The third kappa shape index (κ3) is 3.59. The fraction of sp³-hybridized carbons (Fsp3) is 0.769. The van der Waals surface area contributed by atoms with Crippen LogP contribution in [0, 0.1) is 11.8 Å². The Hall–Kier alpha value is -0.773. The maximum Gasteiger partial charge on any atom is 0.308 e. The number of esters is 1. The van der Waals surface area contributed by atoms with E-state index < -0.39 is 8.32 Å². The first-order valence-electron chi connectivity index (χ1n) is 6.22. The van der Waals surface area contributed by atoms with Gasteiger partial charge in [0.05, 0.1) is 18.8 Å². The summed E-state index contributed by atoms with van der Waals surface area (Å²) in [7, 11) is -0.0873. The average Bonchev–Trinajstić information content (AvgIpc) is 2.56. The number of hydrogen-bond acceptors (Lipinski definition) is 3. The molecule has 0 spiro atoms. The summed E-state index contributed by atoms with van der Waals surface area (Å²) in [6, 6.07) is 0. The molecular formula is C13H24O3Si. The van der Waals surface area contributed by atoms with Gasteiger partial charge in [0.2, 0.25) is 8.32 Å². The Labute approximate surface area is 105 Å². The minimum atomic E-state index is -1.54. The van der Waals surface area contributed by atoms with E-state index in [1.165, 1.54) is 12.7 Å². The van der Waals surface area contributed by atoms with Crippen LogP contribution in [-0.4, -0.2) is 21.4 Å². The summed E-state index contributed by atoms with van der Waals surface area (Å²) in [5, 5.41) is 0. The van der Waals surface area contributed by atoms with E-state index in [0.717, 1.165) is 18.6 Å². The number of carbonyl (C=O) groups is 1. The molecule has 98 valence electrons. The molecule has 0 radical (unpaired) electrons. The molecule has 0 fully saturated rings. The zero-order chi connectivity index (χ0) is 13.2. The Morgan fingerprint density at radius 3 is 2.47 bits per heavy atom. The van der Waals surface area contributed by atoms with E-state index >= 15 is 0 Å². The Morgan fingerprint density at radius 1 is 1.41 bits per heavy atom. The molecule has 1 aliphatic carbocycles. The Bertz CT molecular complexity index is 328. The number of ether oxygens (including phenoxy) is 1. The number of rotatable bonds is 4. The van der Waals surface area contributed by atoms with Gasteiger partial charge in [0.1, 0.15) is 0 Å². The topological polar surface area (TPSA) is 35.5 Å². The van der Waals surface area contributed by atoms with Gasteiger partial charge in [-0.2, -0.15) is 0 Å². The van der Waals surface area contributed by atoms with Crippen molar-refractivity contribution in [2.24, 2.45) is 11.8 Å². The molecule has 3 nitrogen and oxygen atoms in total. The van der Waals surface area contributed by atoms with Gasteiger partial charge in [-0.25, -0.2) is 0 Å². The third-order valence-electron chi connectivity index (χ3n) is 3.28. The highest BCUT2D eigenvalue weighted by Crippen LogP contribution is 2.38. The minimum absolute atomic E-state index is 0.0669. The molecule has 0 saturated carbocycles. The van der Waals surface area contributed by atoms with Gasteiger partial charge in [-0.1, -0.05) is 6.92 Å². The molecule has 0 amide bonds. The second kappa shape index (κ2) is 5.25. The summed E-state index contributed by atoms with van der Waals surface area (Å²) in [5.74, 6) is 1.21. The van der Waals surface area contributed by atoms with Gasteiger partial charge in [-0.15, -0.1) is 0 Å². The van der Waals surface area contributed by atoms with Crippen LogP contribution >= 0.6 is 0 Å². The fourth-order valence-electron chi connectivity index (χ4n) is 2.38. The number of carbonyl (C=O) groups excluding carboxylic acids is 1. The van der Waals surface area contributed by atoms with Crippen LogP contribution in [0.2, 0.25) is 19.6 Å². The molecule has 0 aromatic heterocycles. The van der Waals surface area contributed by atoms with Crippen LogP contribution < -0.4 is 0 Å². The monoisotopic (exact) mass is 256 g/mol. The van der Waals surface area contributed by atoms with Gasteiger partial charge in [0.15, 0.2) is 0 Å². The van der Waals surface area contributed by atoms with E-state index in [2.05, 4.69) is 26.6 Å². The van der Waals surface area contributed by atoms with E-state index in [1.54, 1.807) is 0 Å². The summed E-state index contributed by atoms with van der Waals surface area (Å²) in [5.41, 5.74) is 1.24. The molecule has 0 aromatic rings. The second-order valence-electron chi connectivity index (χ2n) is 5.78. The van der Waals surface area contributed by atoms with Gasteiger partial charge in [0.25, 0.3) is 0 Å². The van der Waals surface area contributed by atoms with E-state index in [9.17, 15) is 4.79 Å². The van der Waals surface area contributed by atoms with Crippen molar-refractivity contribution in [2.75, 3.05) is 7.11 Å². The van der Waals surface area contributed by atoms with Crippen molar-refractivity contribution in [1.29, 1.82) is 0 Å². The molecule has 4 heteroatoms. The Kier molecular flexibility index (Phi) is 4.41. The third-order valence-corrected chi connectivity index (χ3v) is 4.14. The Balaban J connectivity index is 2.77. The molecular weight excluding hydrogens is 232 g/mol. The number of hydrogen-bond donors (Lipinski definition) is 0. The predicted molar refractivity (Wildman–Crippen MR) is 71.0 cm³/mol. The van der Waals surface area contributed by atoms with Crippen LogP contribution in [0.3, 0.4) is 0 Å². The van der Waals surface area contributed by atoms with Crippen LogP contribution in [0.15, 0.2) is 11.3 Å². The lowest BCUT2D eigenvalue weighted by Gasteiger charge is -2.22. The van der Waals surface area contributed by atoms with Crippen LogP contribution in [0.4, 0.5) is 0 Å². The molecule has 1 rings (SSSR count). The lowest BCUT2D eigenvalue weighted by atomic mass is 9.89. The van der Waals surface area contributed by atoms with Crippen LogP contribution in [0.1, 0.15) is 26.7 Å². The smallest absolute Gasteiger partial charge is 0.308 e. The molecule has 0 unspecified atom stereocenters. The van der Waals surface area contributed by atoms with Crippen molar-refractivity contribution in [3.05, 3.63) is 11.3 Å². The molecule has 0 saturated heterocycles. The molecule has 0 aliphatic heterocycles. The molecule has 0 N–H and O–H groups in total. The highest BCUT2D eigenvalue weighted by Gasteiger charge is 2.33. The van der Waals surface area contributed by atoms with E-state index in [1.807, 2.05) is 6.92 Å². The lowest BCUT2D eigenvalue weighted by Crippen LogP contribution is -2.25. The molecule has 1 aliphatic rings. The average molecular weight is 256 g/mol. The first kappa shape index (κ1) is 14.3. The predicted octanol–water partition coefficient (Wildman–Crippen LogP) is 3.33. The summed E-state index contributed by atoms with van der Waals surface area (Å²) in [6.07, 6.45) is 1.96. The molecule has 0 aromatic carbocycles. The minimum Gasteiger partial charge on any atom is -0.547 e. The first-order valence-corrected chi connectivity index (χ1v) is 9.63. The zero-order valence-electron chi connectivity index (χ0n) is 11.8. The van der Waals surface area contributed by atoms with Crippen molar-refractivity contribution < 1.29 is 14.0 Å². The fourth-order valence-corrected chi connectivity index (χ4v) is 3.39. The van der Waals surface area contributed by atoms with Gasteiger partial charge >= 0.3 is 5.97 Å². The van der Waals surface area contributed by atoms with Crippen LogP contribution in [0.25, 0.3) is 0 Å². The SMILES string of the molecule is COC(=O)[C@H](C)[C@@H]1CCC(O[Si](C)(C)C)=C1C. The largest absolute Gasteiger partial charge is 0.547 e. The van der Waals surface area contributed by atoms with Crippen molar-refractivity contribution >= 4 is 14.3 Å². The summed E-state index contributed by atoms with van der Waals surface area (Å²) in [6.45, 7) is 10.6. The normalized spacial score (nSPS) is 22.6. The summed E-state index contributed by atoms with van der Waals surface area (Å²) >= 11 is 0. The zero-order valence-corrected chi connectivity index (χ0v) is 12.8. The highest BCUT2D eigenvalue weighted by atomic mass is 28.4. The maximum absolute atomic E-state index is 11.6. The van der Waals surface area contributed by atoms with Gasteiger partial charge in [0, 0.05) is 6.42 Å². The maximum atomic E-state index is 11.6. The van der Waals surface area contributed by atoms with Crippen molar-refractivity contribution in [3.8, 4) is 0 Å². The Morgan fingerprint density at radius 2 is 2.00 bits per heavy atom. The molecule has 17 heavy (non-hydrogen) atoms. The van der Waals surface area contributed by atoms with E-state index in [-0.39, 0.29) is 17.8 Å². The standard InChI is InChI=1S/C13H24O3Si/c1-9-11(10(2)13(14)15-3)7-8-12(9)16-17(4,5)6/h10-11H,7-8H2,1-6H3/t10-,11-/m1/s1. The van der Waals surface area contributed by atoms with Crippen molar-refractivity contribution in [1.82, 2.24) is 0 Å². The summed E-state index contributed by atoms with van der Waals surface area (Å²) < 4.78 is 10.9. The lowest BCUT2D eigenvalue weighted by molar-refractivity contribution is -0.146.